The molecule has 1 N–H and O–H groups in total. The maximum Gasteiger partial charge on any atom is 0.0589 e. The van der Waals surface area contributed by atoms with E-state index in [1.54, 1.807) is 7.11 Å². The molecule has 19 heavy (non-hydrogen) atoms. The van der Waals surface area contributed by atoms with Gasteiger partial charge in [0.05, 0.1) is 6.61 Å². The lowest BCUT2D eigenvalue weighted by Crippen LogP contribution is -2.28. The molecular weight excluding hydrogens is 236 g/mol. The van der Waals surface area contributed by atoms with Crippen LogP contribution in [0.25, 0.3) is 0 Å². The lowest BCUT2D eigenvalue weighted by atomic mass is 9.98. The highest BCUT2D eigenvalue weighted by atomic mass is 16.5. The summed E-state index contributed by atoms with van der Waals surface area (Å²) in [5.41, 5.74) is 4.32. The van der Waals surface area contributed by atoms with Crippen LogP contribution in [-0.4, -0.2) is 38.3 Å². The van der Waals surface area contributed by atoms with E-state index >= 15 is 0 Å². The van der Waals surface area contributed by atoms with E-state index in [9.17, 15) is 0 Å². The van der Waals surface area contributed by atoms with Crippen molar-refractivity contribution in [3.8, 4) is 0 Å². The van der Waals surface area contributed by atoms with Crippen LogP contribution in [0.2, 0.25) is 0 Å². The predicted molar refractivity (Wildman–Crippen MR) is 79.2 cm³/mol. The molecule has 0 atom stereocenters. The molecule has 1 aromatic carbocycles. The molecule has 1 aliphatic heterocycles. The van der Waals surface area contributed by atoms with Crippen LogP contribution in [-0.2, 0) is 24.2 Å². The number of methoxy groups -OCH3 is 1. The third-order valence-corrected chi connectivity index (χ3v) is 3.56. The first-order valence-corrected chi connectivity index (χ1v) is 6.97. The molecule has 104 valence electrons. The van der Waals surface area contributed by atoms with Gasteiger partial charge < -0.3 is 10.1 Å². The van der Waals surface area contributed by atoms with Crippen LogP contribution in [0.4, 0.5) is 0 Å². The maximum absolute atomic E-state index is 5.16. The largest absolute Gasteiger partial charge is 0.383 e. The van der Waals surface area contributed by atoms with Gasteiger partial charge in [0.25, 0.3) is 0 Å². The molecule has 0 aliphatic carbocycles. The summed E-state index contributed by atoms with van der Waals surface area (Å²) in [7, 11) is 1.75. The molecule has 3 heteroatoms. The fourth-order valence-corrected chi connectivity index (χ4v) is 2.53. The Morgan fingerprint density at radius 1 is 1.42 bits per heavy atom. The number of fused-ring (bicyclic) bond motifs is 1. The van der Waals surface area contributed by atoms with Gasteiger partial charge in [-0.1, -0.05) is 24.3 Å². The van der Waals surface area contributed by atoms with Crippen molar-refractivity contribution in [2.75, 3.05) is 33.4 Å². The van der Waals surface area contributed by atoms with Crippen LogP contribution in [0.3, 0.4) is 0 Å². The molecule has 2 rings (SSSR count). The van der Waals surface area contributed by atoms with Crippen molar-refractivity contribution in [3.63, 3.8) is 0 Å². The van der Waals surface area contributed by atoms with E-state index in [1.165, 1.54) is 16.7 Å². The van der Waals surface area contributed by atoms with Gasteiger partial charge in [-0.15, -0.1) is 6.58 Å². The third kappa shape index (κ3) is 4.16. The molecule has 0 radical (unpaired) electrons. The highest BCUT2D eigenvalue weighted by Crippen LogP contribution is 2.17. The highest BCUT2D eigenvalue weighted by Gasteiger charge is 2.10. The monoisotopic (exact) mass is 260 g/mol. The molecule has 0 aromatic heterocycles. The van der Waals surface area contributed by atoms with Crippen LogP contribution >= 0.6 is 0 Å². The molecule has 3 nitrogen and oxygen atoms in total. The number of nitrogens with zero attached hydrogens (tertiary/aromatic N) is 1. The van der Waals surface area contributed by atoms with Crippen molar-refractivity contribution in [1.82, 2.24) is 10.2 Å². The Morgan fingerprint density at radius 3 is 3.11 bits per heavy atom. The summed E-state index contributed by atoms with van der Waals surface area (Å²) in [6.45, 7) is 9.50. The zero-order valence-electron chi connectivity index (χ0n) is 11.8. The molecule has 0 amide bonds. The zero-order chi connectivity index (χ0) is 13.5. The molecule has 1 aromatic rings. The van der Waals surface area contributed by atoms with Gasteiger partial charge in [0.15, 0.2) is 0 Å². The molecule has 0 saturated heterocycles. The number of hydrogen-bond donors (Lipinski definition) is 1. The normalized spacial score (nSPS) is 14.4. The molecule has 0 fully saturated rings. The minimum absolute atomic E-state index is 0.764. The first-order chi connectivity index (χ1) is 9.33. The lowest BCUT2D eigenvalue weighted by molar-refractivity contribution is 0.151. The van der Waals surface area contributed by atoms with Crippen LogP contribution in [0.15, 0.2) is 30.9 Å². The number of hydrogen-bond acceptors (Lipinski definition) is 3. The van der Waals surface area contributed by atoms with Crippen LogP contribution in [0, 0.1) is 0 Å². The van der Waals surface area contributed by atoms with Gasteiger partial charge in [-0.05, 0) is 29.7 Å². The van der Waals surface area contributed by atoms with Crippen molar-refractivity contribution in [1.29, 1.82) is 0 Å². The summed E-state index contributed by atoms with van der Waals surface area (Å²) in [5, 5.41) is 3.43. The van der Waals surface area contributed by atoms with Gasteiger partial charge in [-0.2, -0.15) is 0 Å². The predicted octanol–water partition coefficient (Wildman–Crippen LogP) is 1.97. The first kappa shape index (κ1) is 14.3. The van der Waals surface area contributed by atoms with E-state index in [0.29, 0.717) is 0 Å². The minimum Gasteiger partial charge on any atom is -0.383 e. The van der Waals surface area contributed by atoms with Crippen LogP contribution < -0.4 is 5.32 Å². The molecule has 1 heterocycles. The minimum atomic E-state index is 0.764. The molecule has 0 unspecified atom stereocenters. The van der Waals surface area contributed by atoms with Crippen molar-refractivity contribution >= 4 is 0 Å². The second-order valence-electron chi connectivity index (χ2n) is 5.05. The highest BCUT2D eigenvalue weighted by molar-refractivity contribution is 5.33. The van der Waals surface area contributed by atoms with Gasteiger partial charge in [0.1, 0.15) is 0 Å². The zero-order valence-corrected chi connectivity index (χ0v) is 11.8. The van der Waals surface area contributed by atoms with E-state index < -0.39 is 0 Å². The van der Waals surface area contributed by atoms with Gasteiger partial charge >= 0.3 is 0 Å². The van der Waals surface area contributed by atoms with E-state index in [2.05, 4.69) is 35.0 Å². The quantitative estimate of drug-likeness (QED) is 0.759. The van der Waals surface area contributed by atoms with E-state index in [-0.39, 0.29) is 0 Å². The molecular formula is C16H24N2O. The molecule has 0 spiro atoms. The topological polar surface area (TPSA) is 24.5 Å². The van der Waals surface area contributed by atoms with Crippen molar-refractivity contribution in [3.05, 3.63) is 47.5 Å². The van der Waals surface area contributed by atoms with E-state index in [4.69, 9.17) is 4.74 Å². The Morgan fingerprint density at radius 2 is 2.32 bits per heavy atom. The Kier molecular flexibility index (Phi) is 5.58. The summed E-state index contributed by atoms with van der Waals surface area (Å²) >= 11 is 0. The second-order valence-corrected chi connectivity index (χ2v) is 5.05. The molecule has 0 saturated carbocycles. The lowest BCUT2D eigenvalue weighted by Gasteiger charge is -2.22. The Bertz CT molecular complexity index is 417. The van der Waals surface area contributed by atoms with Crippen molar-refractivity contribution in [2.24, 2.45) is 0 Å². The standard InChI is InChI=1S/C16H24N2O/c1-3-8-18(9-10-19-2)13-14-4-5-15-6-7-17-12-16(15)11-14/h3-5,11,17H,1,6-10,12-13H2,2H3. The Hall–Kier alpha value is -1.16. The average molecular weight is 260 g/mol. The summed E-state index contributed by atoms with van der Waals surface area (Å²) in [6.07, 6.45) is 3.10. The summed E-state index contributed by atoms with van der Waals surface area (Å²) in [4.78, 5) is 2.36. The van der Waals surface area contributed by atoms with Gasteiger partial charge in [0, 0.05) is 33.3 Å². The van der Waals surface area contributed by atoms with Crippen molar-refractivity contribution < 1.29 is 4.74 Å². The first-order valence-electron chi connectivity index (χ1n) is 6.97. The Balaban J connectivity index is 2.01. The summed E-state index contributed by atoms with van der Waals surface area (Å²) in [6, 6.07) is 6.88. The van der Waals surface area contributed by atoms with Gasteiger partial charge in [-0.25, -0.2) is 0 Å². The average Bonchev–Trinajstić information content (AvgIpc) is 2.45. The van der Waals surface area contributed by atoms with Gasteiger partial charge in [0.2, 0.25) is 0 Å². The maximum atomic E-state index is 5.16. The number of ether oxygens (including phenoxy) is 1. The third-order valence-electron chi connectivity index (χ3n) is 3.56. The summed E-state index contributed by atoms with van der Waals surface area (Å²) in [5.74, 6) is 0. The van der Waals surface area contributed by atoms with E-state index in [0.717, 1.165) is 45.8 Å². The number of rotatable bonds is 7. The smallest absolute Gasteiger partial charge is 0.0589 e. The van der Waals surface area contributed by atoms with E-state index in [1.807, 2.05) is 6.08 Å². The fraction of sp³-hybridized carbons (Fsp3) is 0.500. The molecule has 0 bridgehead atoms. The fourth-order valence-electron chi connectivity index (χ4n) is 2.53. The van der Waals surface area contributed by atoms with Gasteiger partial charge in [-0.3, -0.25) is 4.90 Å². The number of benzene rings is 1. The van der Waals surface area contributed by atoms with Crippen molar-refractivity contribution in [2.45, 2.75) is 19.5 Å². The SMILES string of the molecule is C=CCN(CCOC)Cc1ccc2c(c1)CNCC2. The second kappa shape index (κ2) is 7.43. The molecule has 1 aliphatic rings. The Labute approximate surface area is 116 Å². The summed E-state index contributed by atoms with van der Waals surface area (Å²) < 4.78 is 5.16. The van der Waals surface area contributed by atoms with Crippen LogP contribution in [0.5, 0.6) is 0 Å². The van der Waals surface area contributed by atoms with Crippen LogP contribution in [0.1, 0.15) is 16.7 Å². The number of nitrogens with one attached hydrogen (secondary N) is 1.